The first-order valence-corrected chi connectivity index (χ1v) is 7.44. The Balaban J connectivity index is 2.20. The number of halogens is 4. The summed E-state index contributed by atoms with van der Waals surface area (Å²) in [6.07, 6.45) is -1.82. The van der Waals surface area contributed by atoms with Crippen LogP contribution in [-0.4, -0.2) is 12.6 Å². The fraction of sp³-hybridized carbons (Fsp3) is 0.625. The average Bonchev–Trinajstić information content (AvgIpc) is 2.77. The molecular formula is C16H21F4N. The maximum absolute atomic E-state index is 13.4. The van der Waals surface area contributed by atoms with Crippen LogP contribution in [0.2, 0.25) is 0 Å². The van der Waals surface area contributed by atoms with Crippen molar-refractivity contribution < 1.29 is 17.6 Å². The predicted octanol–water partition coefficient (Wildman–Crippen LogP) is 4.73. The summed E-state index contributed by atoms with van der Waals surface area (Å²) < 4.78 is 51.8. The van der Waals surface area contributed by atoms with Gasteiger partial charge in [-0.3, -0.25) is 0 Å². The minimum Gasteiger partial charge on any atom is -0.314 e. The predicted molar refractivity (Wildman–Crippen MR) is 74.6 cm³/mol. The van der Waals surface area contributed by atoms with Crippen molar-refractivity contribution in [2.75, 3.05) is 6.54 Å². The van der Waals surface area contributed by atoms with Crippen LogP contribution in [0, 0.1) is 11.7 Å². The lowest BCUT2D eigenvalue weighted by Crippen LogP contribution is -2.32. The van der Waals surface area contributed by atoms with Gasteiger partial charge in [-0.1, -0.05) is 19.9 Å². The molecule has 0 saturated heterocycles. The second-order valence-electron chi connectivity index (χ2n) is 5.84. The Labute approximate surface area is 122 Å². The smallest absolute Gasteiger partial charge is 0.314 e. The van der Waals surface area contributed by atoms with Gasteiger partial charge in [0.1, 0.15) is 5.82 Å². The third-order valence-electron chi connectivity index (χ3n) is 4.44. The Kier molecular flexibility index (Phi) is 4.91. The molecule has 0 bridgehead atoms. The molecule has 1 aliphatic carbocycles. The van der Waals surface area contributed by atoms with Gasteiger partial charge in [0, 0.05) is 6.04 Å². The number of hydrogen-bond donors (Lipinski definition) is 1. The van der Waals surface area contributed by atoms with E-state index in [-0.39, 0.29) is 11.8 Å². The third kappa shape index (κ3) is 3.57. The molecule has 0 spiro atoms. The van der Waals surface area contributed by atoms with E-state index in [2.05, 4.69) is 19.2 Å². The molecule has 1 aromatic carbocycles. The van der Waals surface area contributed by atoms with Crippen LogP contribution < -0.4 is 5.32 Å². The van der Waals surface area contributed by atoms with Gasteiger partial charge in [0.25, 0.3) is 0 Å². The van der Waals surface area contributed by atoms with Crippen molar-refractivity contribution in [3.63, 3.8) is 0 Å². The van der Waals surface area contributed by atoms with Gasteiger partial charge < -0.3 is 5.32 Å². The van der Waals surface area contributed by atoms with E-state index >= 15 is 0 Å². The zero-order valence-electron chi connectivity index (χ0n) is 12.3. The Bertz CT molecular complexity index is 484. The van der Waals surface area contributed by atoms with Crippen molar-refractivity contribution in [2.24, 2.45) is 5.92 Å². The second kappa shape index (κ2) is 6.34. The monoisotopic (exact) mass is 303 g/mol. The molecule has 3 unspecified atom stereocenters. The summed E-state index contributed by atoms with van der Waals surface area (Å²) in [6.45, 7) is 5.06. The van der Waals surface area contributed by atoms with Crippen LogP contribution in [0.1, 0.15) is 50.2 Å². The first kappa shape index (κ1) is 16.3. The zero-order chi connectivity index (χ0) is 15.6. The standard InChI is InChI=1S/C16H21F4N/c1-3-8-21-15-7-5-12(10(15)2)11-4-6-14(17)13(9-11)16(18,19)20/h4,6,9-10,12,15,21H,3,5,7-8H2,1-2H3. The van der Waals surface area contributed by atoms with E-state index in [1.165, 1.54) is 6.07 Å². The van der Waals surface area contributed by atoms with Gasteiger partial charge in [0.2, 0.25) is 0 Å². The number of rotatable bonds is 4. The summed E-state index contributed by atoms with van der Waals surface area (Å²) in [5.41, 5.74) is -0.561. The molecule has 0 aliphatic heterocycles. The molecule has 21 heavy (non-hydrogen) atoms. The molecule has 2 rings (SSSR count). The van der Waals surface area contributed by atoms with Crippen molar-refractivity contribution in [2.45, 2.75) is 51.2 Å². The van der Waals surface area contributed by atoms with E-state index in [1.54, 1.807) is 0 Å². The van der Waals surface area contributed by atoms with E-state index < -0.39 is 17.6 Å². The Morgan fingerprint density at radius 2 is 1.95 bits per heavy atom. The van der Waals surface area contributed by atoms with Gasteiger partial charge in [-0.05, 0) is 55.3 Å². The van der Waals surface area contributed by atoms with Crippen LogP contribution in [0.25, 0.3) is 0 Å². The lowest BCUT2D eigenvalue weighted by atomic mass is 9.88. The molecule has 0 amide bonds. The van der Waals surface area contributed by atoms with Crippen molar-refractivity contribution in [3.05, 3.63) is 35.1 Å². The lowest BCUT2D eigenvalue weighted by Gasteiger charge is -2.23. The quantitative estimate of drug-likeness (QED) is 0.793. The first-order chi connectivity index (χ1) is 9.84. The lowest BCUT2D eigenvalue weighted by molar-refractivity contribution is -0.140. The van der Waals surface area contributed by atoms with Gasteiger partial charge in [0.15, 0.2) is 0 Å². The number of alkyl halides is 3. The van der Waals surface area contributed by atoms with E-state index in [0.717, 1.165) is 37.9 Å². The van der Waals surface area contributed by atoms with Crippen molar-refractivity contribution >= 4 is 0 Å². The van der Waals surface area contributed by atoms with Gasteiger partial charge in [0.05, 0.1) is 5.56 Å². The number of benzene rings is 1. The van der Waals surface area contributed by atoms with Gasteiger partial charge in [-0.2, -0.15) is 13.2 Å². The number of nitrogens with one attached hydrogen (secondary N) is 1. The molecule has 1 nitrogen and oxygen atoms in total. The Morgan fingerprint density at radius 3 is 2.57 bits per heavy atom. The third-order valence-corrected chi connectivity index (χ3v) is 4.44. The van der Waals surface area contributed by atoms with Crippen molar-refractivity contribution in [3.8, 4) is 0 Å². The topological polar surface area (TPSA) is 12.0 Å². The molecule has 1 saturated carbocycles. The molecule has 5 heteroatoms. The summed E-state index contributed by atoms with van der Waals surface area (Å²) in [7, 11) is 0. The Hall–Kier alpha value is -1.10. The van der Waals surface area contributed by atoms with Crippen LogP contribution in [0.5, 0.6) is 0 Å². The van der Waals surface area contributed by atoms with Crippen molar-refractivity contribution in [1.29, 1.82) is 0 Å². The van der Waals surface area contributed by atoms with Crippen LogP contribution in [0.3, 0.4) is 0 Å². The molecule has 0 radical (unpaired) electrons. The fourth-order valence-electron chi connectivity index (χ4n) is 3.24. The van der Waals surface area contributed by atoms with E-state index in [9.17, 15) is 17.6 Å². The highest BCUT2D eigenvalue weighted by Gasteiger charge is 2.37. The normalized spacial score (nSPS) is 26.3. The molecule has 0 heterocycles. The average molecular weight is 303 g/mol. The minimum atomic E-state index is -4.64. The summed E-state index contributed by atoms with van der Waals surface area (Å²) in [6, 6.07) is 3.75. The Morgan fingerprint density at radius 1 is 1.24 bits per heavy atom. The zero-order valence-corrected chi connectivity index (χ0v) is 12.3. The maximum Gasteiger partial charge on any atom is 0.419 e. The van der Waals surface area contributed by atoms with Gasteiger partial charge >= 0.3 is 6.18 Å². The summed E-state index contributed by atoms with van der Waals surface area (Å²) in [5, 5.41) is 3.44. The highest BCUT2D eigenvalue weighted by Crippen LogP contribution is 2.41. The first-order valence-electron chi connectivity index (χ1n) is 7.44. The van der Waals surface area contributed by atoms with E-state index in [1.807, 2.05) is 0 Å². The van der Waals surface area contributed by atoms with Crippen molar-refractivity contribution in [1.82, 2.24) is 5.32 Å². The summed E-state index contributed by atoms with van der Waals surface area (Å²) in [5.74, 6) is -0.887. The molecule has 1 aromatic rings. The molecular weight excluding hydrogens is 282 g/mol. The largest absolute Gasteiger partial charge is 0.419 e. The molecule has 3 atom stereocenters. The fourth-order valence-corrected chi connectivity index (χ4v) is 3.24. The van der Waals surface area contributed by atoms with Crippen LogP contribution in [0.15, 0.2) is 18.2 Å². The second-order valence-corrected chi connectivity index (χ2v) is 5.84. The molecule has 1 aliphatic rings. The molecule has 118 valence electrons. The van der Waals surface area contributed by atoms with Crippen LogP contribution in [0.4, 0.5) is 17.6 Å². The highest BCUT2D eigenvalue weighted by molar-refractivity contribution is 5.31. The summed E-state index contributed by atoms with van der Waals surface area (Å²) >= 11 is 0. The highest BCUT2D eigenvalue weighted by atomic mass is 19.4. The minimum absolute atomic E-state index is 0.0565. The molecule has 0 aromatic heterocycles. The maximum atomic E-state index is 13.4. The SMILES string of the molecule is CCCNC1CCC(c2ccc(F)c(C(F)(F)F)c2)C1C. The van der Waals surface area contributed by atoms with Crippen LogP contribution >= 0.6 is 0 Å². The molecule has 1 N–H and O–H groups in total. The summed E-state index contributed by atoms with van der Waals surface area (Å²) in [4.78, 5) is 0. The van der Waals surface area contributed by atoms with E-state index in [0.29, 0.717) is 11.6 Å². The van der Waals surface area contributed by atoms with Gasteiger partial charge in [-0.15, -0.1) is 0 Å². The van der Waals surface area contributed by atoms with Gasteiger partial charge in [-0.25, -0.2) is 4.39 Å². The number of hydrogen-bond acceptors (Lipinski definition) is 1. The van der Waals surface area contributed by atoms with Crippen LogP contribution in [-0.2, 0) is 6.18 Å². The van der Waals surface area contributed by atoms with E-state index in [4.69, 9.17) is 0 Å². The molecule has 1 fully saturated rings.